The van der Waals surface area contributed by atoms with Crippen molar-refractivity contribution >= 4 is 11.9 Å². The van der Waals surface area contributed by atoms with Crippen molar-refractivity contribution in [1.82, 2.24) is 10.3 Å². The Labute approximate surface area is 111 Å². The average Bonchev–Trinajstić information content (AvgIpc) is 2.37. The van der Waals surface area contributed by atoms with Crippen molar-refractivity contribution < 1.29 is 18.7 Å². The van der Waals surface area contributed by atoms with Gasteiger partial charge in [-0.3, -0.25) is 9.78 Å². The highest BCUT2D eigenvalue weighted by molar-refractivity contribution is 5.97. The Morgan fingerprint density at radius 1 is 1.47 bits per heavy atom. The first kappa shape index (κ1) is 15.1. The van der Waals surface area contributed by atoms with Crippen LogP contribution in [0.15, 0.2) is 18.5 Å². The number of rotatable bonds is 5. The fourth-order valence-electron chi connectivity index (χ4n) is 1.80. The molecule has 1 rings (SSSR count). The van der Waals surface area contributed by atoms with Crippen molar-refractivity contribution in [1.29, 1.82) is 0 Å². The van der Waals surface area contributed by atoms with Gasteiger partial charge in [0.05, 0.1) is 18.9 Å². The van der Waals surface area contributed by atoms with Crippen molar-refractivity contribution in [2.24, 2.45) is 0 Å². The molecule has 0 aliphatic carbocycles. The van der Waals surface area contributed by atoms with Crippen molar-refractivity contribution in [3.63, 3.8) is 0 Å². The Morgan fingerprint density at radius 3 is 2.68 bits per heavy atom. The lowest BCUT2D eigenvalue weighted by atomic mass is 9.95. The molecule has 5 nitrogen and oxygen atoms in total. The second-order valence-electron chi connectivity index (χ2n) is 4.42. The maximum absolute atomic E-state index is 13.0. The van der Waals surface area contributed by atoms with Gasteiger partial charge in [-0.05, 0) is 19.4 Å². The summed E-state index contributed by atoms with van der Waals surface area (Å²) in [6, 6.07) is 1.06. The summed E-state index contributed by atoms with van der Waals surface area (Å²) in [4.78, 5) is 27.3. The van der Waals surface area contributed by atoms with Crippen LogP contribution in [-0.4, -0.2) is 29.5 Å². The highest BCUT2D eigenvalue weighted by atomic mass is 19.1. The van der Waals surface area contributed by atoms with E-state index >= 15 is 0 Å². The molecule has 1 atom stereocenters. The minimum atomic E-state index is -1.13. The zero-order valence-electron chi connectivity index (χ0n) is 11.2. The third-order valence-corrected chi connectivity index (χ3v) is 2.74. The number of aromatic nitrogens is 1. The molecule has 0 aliphatic heterocycles. The number of carbonyl (C=O) groups excluding carboxylic acids is 2. The fraction of sp³-hybridized carbons (Fsp3) is 0.462. The van der Waals surface area contributed by atoms with Crippen LogP contribution < -0.4 is 5.32 Å². The molecule has 1 aromatic heterocycles. The van der Waals surface area contributed by atoms with Gasteiger partial charge >= 0.3 is 5.97 Å². The number of hydrogen-bond acceptors (Lipinski definition) is 4. The SMILES string of the molecule is CCCC(C)(NC(=O)c1cncc(F)c1)C(=O)OC. The molecule has 0 fully saturated rings. The molecule has 0 aliphatic rings. The van der Waals surface area contributed by atoms with Crippen LogP contribution in [0.5, 0.6) is 0 Å². The lowest BCUT2D eigenvalue weighted by Crippen LogP contribution is -2.52. The molecule has 0 radical (unpaired) electrons. The van der Waals surface area contributed by atoms with Crippen LogP contribution in [0.25, 0.3) is 0 Å². The number of halogens is 1. The minimum absolute atomic E-state index is 0.0613. The molecule has 1 heterocycles. The van der Waals surface area contributed by atoms with Crippen LogP contribution in [0.1, 0.15) is 37.0 Å². The number of pyridine rings is 1. The molecule has 1 aromatic rings. The maximum atomic E-state index is 13.0. The fourth-order valence-corrected chi connectivity index (χ4v) is 1.80. The van der Waals surface area contributed by atoms with E-state index in [9.17, 15) is 14.0 Å². The number of amides is 1. The minimum Gasteiger partial charge on any atom is -0.467 e. The van der Waals surface area contributed by atoms with E-state index < -0.39 is 23.2 Å². The first-order chi connectivity index (χ1) is 8.92. The highest BCUT2D eigenvalue weighted by Gasteiger charge is 2.35. The van der Waals surface area contributed by atoms with Crippen LogP contribution in [0.4, 0.5) is 4.39 Å². The lowest BCUT2D eigenvalue weighted by Gasteiger charge is -2.27. The molecule has 1 amide bonds. The van der Waals surface area contributed by atoms with Gasteiger partial charge in [0.15, 0.2) is 0 Å². The second kappa shape index (κ2) is 6.26. The number of methoxy groups -OCH3 is 1. The molecule has 0 spiro atoms. The quantitative estimate of drug-likeness (QED) is 0.825. The number of carbonyl (C=O) groups is 2. The van der Waals surface area contributed by atoms with Gasteiger partial charge in [0, 0.05) is 6.20 Å². The number of nitrogens with one attached hydrogen (secondary N) is 1. The number of nitrogens with zero attached hydrogens (tertiary/aromatic N) is 1. The summed E-state index contributed by atoms with van der Waals surface area (Å²) in [5.41, 5.74) is -1.07. The maximum Gasteiger partial charge on any atom is 0.331 e. The molecule has 0 bridgehead atoms. The summed E-state index contributed by atoms with van der Waals surface area (Å²) in [6.07, 6.45) is 3.35. The summed E-state index contributed by atoms with van der Waals surface area (Å²) >= 11 is 0. The van der Waals surface area contributed by atoms with Gasteiger partial charge in [-0.15, -0.1) is 0 Å². The van der Waals surface area contributed by atoms with Crippen molar-refractivity contribution in [3.05, 3.63) is 29.8 Å². The Bertz CT molecular complexity index is 479. The van der Waals surface area contributed by atoms with E-state index in [0.717, 1.165) is 12.3 Å². The third kappa shape index (κ3) is 3.74. The van der Waals surface area contributed by atoms with E-state index in [0.29, 0.717) is 12.8 Å². The third-order valence-electron chi connectivity index (χ3n) is 2.74. The molecule has 0 saturated heterocycles. The van der Waals surface area contributed by atoms with E-state index in [1.165, 1.54) is 13.3 Å². The molecule has 104 valence electrons. The molecule has 6 heteroatoms. The van der Waals surface area contributed by atoms with Crippen LogP contribution in [-0.2, 0) is 9.53 Å². The molecule has 0 saturated carbocycles. The number of esters is 1. The molecular weight excluding hydrogens is 251 g/mol. The second-order valence-corrected chi connectivity index (χ2v) is 4.42. The Balaban J connectivity index is 2.91. The first-order valence-corrected chi connectivity index (χ1v) is 5.94. The van der Waals surface area contributed by atoms with Gasteiger partial charge in [-0.25, -0.2) is 9.18 Å². The molecule has 19 heavy (non-hydrogen) atoms. The van der Waals surface area contributed by atoms with Crippen LogP contribution >= 0.6 is 0 Å². The Hall–Kier alpha value is -1.98. The zero-order chi connectivity index (χ0) is 14.5. The topological polar surface area (TPSA) is 68.3 Å². The van der Waals surface area contributed by atoms with Gasteiger partial charge < -0.3 is 10.1 Å². The standard InChI is InChI=1S/C13H17FN2O3/c1-4-5-13(2,12(18)19-3)16-11(17)9-6-10(14)8-15-7-9/h6-8H,4-5H2,1-3H3,(H,16,17). The summed E-state index contributed by atoms with van der Waals surface area (Å²) in [5, 5.41) is 2.57. The number of hydrogen-bond donors (Lipinski definition) is 1. The first-order valence-electron chi connectivity index (χ1n) is 5.94. The summed E-state index contributed by atoms with van der Waals surface area (Å²) in [7, 11) is 1.26. The van der Waals surface area contributed by atoms with Gasteiger partial charge in [0.25, 0.3) is 5.91 Å². The Morgan fingerprint density at radius 2 is 2.16 bits per heavy atom. The van der Waals surface area contributed by atoms with Gasteiger partial charge in [0.1, 0.15) is 11.4 Å². The lowest BCUT2D eigenvalue weighted by molar-refractivity contribution is -0.147. The van der Waals surface area contributed by atoms with E-state index in [1.54, 1.807) is 6.92 Å². The Kier molecular flexibility index (Phi) is 4.97. The summed E-state index contributed by atoms with van der Waals surface area (Å²) in [5.74, 6) is -1.71. The predicted molar refractivity (Wildman–Crippen MR) is 67.0 cm³/mol. The normalized spacial score (nSPS) is 13.5. The van der Waals surface area contributed by atoms with E-state index in [2.05, 4.69) is 15.0 Å². The summed E-state index contributed by atoms with van der Waals surface area (Å²) in [6.45, 7) is 3.46. The van der Waals surface area contributed by atoms with Crippen molar-refractivity contribution in [3.8, 4) is 0 Å². The van der Waals surface area contributed by atoms with Gasteiger partial charge in [-0.2, -0.15) is 0 Å². The molecular formula is C13H17FN2O3. The largest absolute Gasteiger partial charge is 0.467 e. The molecule has 0 aromatic carbocycles. The van der Waals surface area contributed by atoms with Crippen molar-refractivity contribution in [2.75, 3.05) is 7.11 Å². The van der Waals surface area contributed by atoms with Crippen molar-refractivity contribution in [2.45, 2.75) is 32.2 Å². The monoisotopic (exact) mass is 268 g/mol. The van der Waals surface area contributed by atoms with Crippen LogP contribution in [0.3, 0.4) is 0 Å². The average molecular weight is 268 g/mol. The summed E-state index contributed by atoms with van der Waals surface area (Å²) < 4.78 is 17.7. The zero-order valence-corrected chi connectivity index (χ0v) is 11.2. The number of ether oxygens (including phenoxy) is 1. The van der Waals surface area contributed by atoms with E-state index in [-0.39, 0.29) is 5.56 Å². The van der Waals surface area contributed by atoms with Gasteiger partial charge in [-0.1, -0.05) is 13.3 Å². The molecule has 1 N–H and O–H groups in total. The van der Waals surface area contributed by atoms with Gasteiger partial charge in [0.2, 0.25) is 0 Å². The molecule has 1 unspecified atom stereocenters. The van der Waals surface area contributed by atoms with Crippen LogP contribution in [0.2, 0.25) is 0 Å². The van der Waals surface area contributed by atoms with E-state index in [1.807, 2.05) is 6.92 Å². The highest BCUT2D eigenvalue weighted by Crippen LogP contribution is 2.15. The van der Waals surface area contributed by atoms with Crippen LogP contribution in [0, 0.1) is 5.82 Å². The smallest absolute Gasteiger partial charge is 0.331 e. The predicted octanol–water partition coefficient (Wildman–Crippen LogP) is 1.68. The van der Waals surface area contributed by atoms with E-state index in [4.69, 9.17) is 0 Å².